The van der Waals surface area contributed by atoms with Crippen LogP contribution in [0.3, 0.4) is 0 Å². The van der Waals surface area contributed by atoms with Gasteiger partial charge in [-0.3, -0.25) is 0 Å². The summed E-state index contributed by atoms with van der Waals surface area (Å²) in [6.45, 7) is 9.16. The number of hydrogen-bond acceptors (Lipinski definition) is 3. The molecule has 0 unspecified atom stereocenters. The van der Waals surface area contributed by atoms with Crippen molar-refractivity contribution in [2.45, 2.75) is 27.2 Å². The predicted octanol–water partition coefficient (Wildman–Crippen LogP) is 3.40. The van der Waals surface area contributed by atoms with Crippen molar-refractivity contribution in [3.63, 3.8) is 0 Å². The number of carbonyl (C=O) groups is 1. The summed E-state index contributed by atoms with van der Waals surface area (Å²) in [5.74, 6) is 0.00342. The van der Waals surface area contributed by atoms with Gasteiger partial charge >= 0.3 is 5.97 Å². The second kappa shape index (κ2) is 5.50. The molecule has 0 fully saturated rings. The van der Waals surface area contributed by atoms with Crippen molar-refractivity contribution in [3.05, 3.63) is 42.0 Å². The van der Waals surface area contributed by atoms with Gasteiger partial charge in [-0.05, 0) is 39.3 Å². The van der Waals surface area contributed by atoms with E-state index in [1.165, 1.54) is 0 Å². The first-order chi connectivity index (χ1) is 8.34. The fraction of sp³-hybridized carbons (Fsp3) is 0.333. The zero-order chi connectivity index (χ0) is 13.8. The zero-order valence-corrected chi connectivity index (χ0v) is 11.0. The third-order valence-electron chi connectivity index (χ3n) is 2.48. The maximum atomic E-state index is 11.8. The smallest absolute Gasteiger partial charge is 0.338 e. The highest BCUT2D eigenvalue weighted by Crippen LogP contribution is 2.24. The molecule has 0 spiro atoms. The maximum absolute atomic E-state index is 11.8. The molecule has 0 amide bonds. The Labute approximate surface area is 108 Å². The Bertz CT molecular complexity index is 492. The fourth-order valence-corrected chi connectivity index (χ4v) is 1.43. The van der Waals surface area contributed by atoms with Gasteiger partial charge in [0, 0.05) is 5.57 Å². The van der Waals surface area contributed by atoms with Crippen LogP contribution in [-0.2, 0) is 4.79 Å². The minimum Gasteiger partial charge on any atom is -0.423 e. The quantitative estimate of drug-likeness (QED) is 0.462. The van der Waals surface area contributed by atoms with Crippen molar-refractivity contribution < 1.29 is 9.53 Å². The van der Waals surface area contributed by atoms with E-state index < -0.39 is 11.4 Å². The molecule has 1 aromatic carbocycles. The fourth-order valence-electron chi connectivity index (χ4n) is 1.43. The summed E-state index contributed by atoms with van der Waals surface area (Å²) in [5.41, 5.74) is 0.796. The number of carbonyl (C=O) groups excluding carboxylic acids is 1. The minimum atomic E-state index is -0.608. The second-order valence-electron chi connectivity index (χ2n) is 4.98. The predicted molar refractivity (Wildman–Crippen MR) is 70.0 cm³/mol. The van der Waals surface area contributed by atoms with E-state index in [-0.39, 0.29) is 0 Å². The van der Waals surface area contributed by atoms with E-state index >= 15 is 0 Å². The van der Waals surface area contributed by atoms with Gasteiger partial charge < -0.3 is 4.74 Å². The molecule has 0 aliphatic heterocycles. The van der Waals surface area contributed by atoms with E-state index in [0.29, 0.717) is 17.7 Å². The molecule has 0 radical (unpaired) electrons. The Hall–Kier alpha value is -2.08. The highest BCUT2D eigenvalue weighted by Gasteiger charge is 2.22. The molecular weight excluding hydrogens is 226 g/mol. The van der Waals surface area contributed by atoms with E-state index in [2.05, 4.69) is 12.6 Å². The van der Waals surface area contributed by atoms with Gasteiger partial charge in [-0.1, -0.05) is 24.3 Å². The molecule has 18 heavy (non-hydrogen) atoms. The average Bonchev–Trinajstić information content (AvgIpc) is 2.31. The van der Waals surface area contributed by atoms with Crippen molar-refractivity contribution in [2.24, 2.45) is 5.41 Å². The van der Waals surface area contributed by atoms with Crippen LogP contribution >= 0.6 is 0 Å². The second-order valence-corrected chi connectivity index (χ2v) is 4.98. The lowest BCUT2D eigenvalue weighted by atomic mass is 9.88. The Morgan fingerprint density at radius 1 is 1.39 bits per heavy atom. The van der Waals surface area contributed by atoms with Gasteiger partial charge in [0.1, 0.15) is 5.75 Å². The molecular formula is C15H17NO2. The summed E-state index contributed by atoms with van der Waals surface area (Å²) in [7, 11) is 0. The van der Waals surface area contributed by atoms with Gasteiger partial charge in [0.05, 0.1) is 11.5 Å². The van der Waals surface area contributed by atoms with Crippen LogP contribution in [-0.4, -0.2) is 5.97 Å². The molecule has 3 nitrogen and oxygen atoms in total. The van der Waals surface area contributed by atoms with E-state index in [4.69, 9.17) is 10.00 Å². The van der Waals surface area contributed by atoms with Gasteiger partial charge in [0.25, 0.3) is 0 Å². The van der Waals surface area contributed by atoms with Gasteiger partial charge in [0.15, 0.2) is 0 Å². The van der Waals surface area contributed by atoms with Crippen LogP contribution in [0.15, 0.2) is 36.4 Å². The third kappa shape index (κ3) is 4.06. The van der Waals surface area contributed by atoms with Crippen molar-refractivity contribution in [1.29, 1.82) is 5.26 Å². The van der Waals surface area contributed by atoms with E-state index in [1.807, 2.05) is 19.1 Å². The van der Waals surface area contributed by atoms with Crippen molar-refractivity contribution >= 4 is 5.97 Å². The Kier molecular flexibility index (Phi) is 4.28. The molecule has 0 saturated carbocycles. The van der Waals surface area contributed by atoms with Crippen LogP contribution in [0.4, 0.5) is 0 Å². The standard InChI is InChI=1S/C15H17NO2/c1-11-5-7-13(8-6-11)18-14(17)12(2)9-15(3,4)10-16/h5-8H,2,9H2,1,3-4H3. The topological polar surface area (TPSA) is 50.1 Å². The van der Waals surface area contributed by atoms with Crippen molar-refractivity contribution in [3.8, 4) is 11.8 Å². The van der Waals surface area contributed by atoms with E-state index in [0.717, 1.165) is 5.56 Å². The van der Waals surface area contributed by atoms with Crippen molar-refractivity contribution in [2.75, 3.05) is 0 Å². The summed E-state index contributed by atoms with van der Waals surface area (Å²) in [6, 6.07) is 9.33. The molecule has 0 saturated heterocycles. The zero-order valence-electron chi connectivity index (χ0n) is 11.0. The highest BCUT2D eigenvalue weighted by molar-refractivity contribution is 5.89. The van der Waals surface area contributed by atoms with Gasteiger partial charge in [0.2, 0.25) is 0 Å². The van der Waals surface area contributed by atoms with E-state index in [9.17, 15) is 4.79 Å². The van der Waals surface area contributed by atoms with Gasteiger partial charge in [-0.2, -0.15) is 5.26 Å². The summed E-state index contributed by atoms with van der Waals surface area (Å²) >= 11 is 0. The molecule has 0 aromatic heterocycles. The molecule has 0 N–H and O–H groups in total. The normalized spacial score (nSPS) is 10.6. The Morgan fingerprint density at radius 2 is 1.94 bits per heavy atom. The maximum Gasteiger partial charge on any atom is 0.338 e. The summed E-state index contributed by atoms with van der Waals surface area (Å²) < 4.78 is 5.17. The van der Waals surface area contributed by atoms with Crippen molar-refractivity contribution in [1.82, 2.24) is 0 Å². The molecule has 0 aliphatic carbocycles. The number of esters is 1. The molecule has 0 aliphatic rings. The largest absolute Gasteiger partial charge is 0.423 e. The number of nitrogens with zero attached hydrogens (tertiary/aromatic N) is 1. The number of benzene rings is 1. The number of ether oxygens (including phenoxy) is 1. The number of nitriles is 1. The lowest BCUT2D eigenvalue weighted by Crippen LogP contribution is -2.17. The van der Waals surface area contributed by atoms with Crippen LogP contribution in [0.2, 0.25) is 0 Å². The number of rotatable bonds is 4. The molecule has 0 bridgehead atoms. The summed E-state index contributed by atoms with van der Waals surface area (Å²) in [6.07, 6.45) is 0.300. The first-order valence-electron chi connectivity index (χ1n) is 5.72. The van der Waals surface area contributed by atoms with Gasteiger partial charge in [-0.25, -0.2) is 4.79 Å². The number of hydrogen-bond donors (Lipinski definition) is 0. The minimum absolute atomic E-state index is 0.300. The molecule has 0 heterocycles. The molecule has 94 valence electrons. The molecule has 1 aromatic rings. The Morgan fingerprint density at radius 3 is 2.44 bits per heavy atom. The van der Waals surface area contributed by atoms with Crippen LogP contribution in [0.1, 0.15) is 25.8 Å². The highest BCUT2D eigenvalue weighted by atomic mass is 16.5. The lowest BCUT2D eigenvalue weighted by Gasteiger charge is -2.15. The average molecular weight is 243 g/mol. The Balaban J connectivity index is 2.64. The van der Waals surface area contributed by atoms with Crippen LogP contribution < -0.4 is 4.74 Å². The van der Waals surface area contributed by atoms with E-state index in [1.54, 1.807) is 26.0 Å². The SMILES string of the molecule is C=C(CC(C)(C)C#N)C(=O)Oc1ccc(C)cc1. The summed E-state index contributed by atoms with van der Waals surface area (Å²) in [4.78, 5) is 11.8. The number of aryl methyl sites for hydroxylation is 1. The lowest BCUT2D eigenvalue weighted by molar-refractivity contribution is -0.130. The molecule has 3 heteroatoms. The van der Waals surface area contributed by atoms with Crippen LogP contribution in [0, 0.1) is 23.7 Å². The first-order valence-corrected chi connectivity index (χ1v) is 5.72. The molecule has 1 rings (SSSR count). The van der Waals surface area contributed by atoms with Crippen LogP contribution in [0.5, 0.6) is 5.75 Å². The summed E-state index contributed by atoms with van der Waals surface area (Å²) in [5, 5.41) is 8.90. The van der Waals surface area contributed by atoms with Gasteiger partial charge in [-0.15, -0.1) is 0 Å². The third-order valence-corrected chi connectivity index (χ3v) is 2.48. The van der Waals surface area contributed by atoms with Crippen LogP contribution in [0.25, 0.3) is 0 Å². The first kappa shape index (κ1) is 14.0. The monoisotopic (exact) mass is 243 g/mol. The molecule has 0 atom stereocenters.